The summed E-state index contributed by atoms with van der Waals surface area (Å²) in [6.07, 6.45) is 0. The van der Waals surface area contributed by atoms with Gasteiger partial charge in [0, 0.05) is 27.5 Å². The monoisotopic (exact) mass is 650 g/mol. The Bertz CT molecular complexity index is 2910. The third-order valence-electron chi connectivity index (χ3n) is 9.90. The molecule has 0 aliphatic rings. The number of nitrogens with zero attached hydrogens (tertiary/aromatic N) is 2. The van der Waals surface area contributed by atoms with Crippen molar-refractivity contribution < 1.29 is 4.42 Å². The minimum Gasteiger partial charge on any atom is -0.456 e. The molecule has 0 spiro atoms. The van der Waals surface area contributed by atoms with Crippen LogP contribution < -0.4 is 0 Å². The first-order valence-corrected chi connectivity index (χ1v) is 17.2. The van der Waals surface area contributed by atoms with Gasteiger partial charge < -0.3 is 4.42 Å². The zero-order valence-corrected chi connectivity index (χ0v) is 27.6. The van der Waals surface area contributed by atoms with Crippen molar-refractivity contribution in [3.63, 3.8) is 0 Å². The number of benzene rings is 8. The molecule has 3 nitrogen and oxygen atoms in total. The van der Waals surface area contributed by atoms with Crippen LogP contribution in [0.2, 0.25) is 0 Å². The van der Waals surface area contributed by atoms with Gasteiger partial charge in [0.2, 0.25) is 0 Å². The van der Waals surface area contributed by atoms with Crippen molar-refractivity contribution in [3.8, 4) is 56.2 Å². The van der Waals surface area contributed by atoms with E-state index in [1.165, 1.54) is 38.2 Å². The van der Waals surface area contributed by atoms with Gasteiger partial charge in [0.1, 0.15) is 11.2 Å². The van der Waals surface area contributed by atoms with E-state index in [1.807, 2.05) is 30.3 Å². The molecule has 8 aromatic carbocycles. The Morgan fingerprint density at radius 1 is 0.333 bits per heavy atom. The molecule has 0 bridgehead atoms. The lowest BCUT2D eigenvalue weighted by Crippen LogP contribution is -1.96. The van der Waals surface area contributed by atoms with Crippen LogP contribution in [-0.2, 0) is 0 Å². The number of rotatable bonds is 5. The molecule has 10 aromatic rings. The van der Waals surface area contributed by atoms with E-state index >= 15 is 0 Å². The second-order valence-corrected chi connectivity index (χ2v) is 13.0. The van der Waals surface area contributed by atoms with Gasteiger partial charge in [-0.1, -0.05) is 152 Å². The number of hydrogen-bond donors (Lipinski definition) is 0. The molecule has 0 saturated carbocycles. The number of aromatic nitrogens is 2. The van der Waals surface area contributed by atoms with E-state index in [0.717, 1.165) is 55.6 Å². The lowest BCUT2D eigenvalue weighted by Gasteiger charge is -2.12. The molecule has 2 aromatic heterocycles. The normalized spacial score (nSPS) is 11.5. The van der Waals surface area contributed by atoms with Crippen LogP contribution in [0.4, 0.5) is 0 Å². The van der Waals surface area contributed by atoms with E-state index in [0.29, 0.717) is 5.82 Å². The lowest BCUT2D eigenvalue weighted by atomic mass is 9.92. The van der Waals surface area contributed by atoms with Crippen LogP contribution in [0.15, 0.2) is 186 Å². The second kappa shape index (κ2) is 11.9. The van der Waals surface area contributed by atoms with Crippen molar-refractivity contribution in [1.29, 1.82) is 0 Å². The SMILES string of the molecule is c1ccc(-c2cc(-c3ccc4ccccc4c3)nc(-c3cccc4oc5cc(-c6ccc(-c7ccccc7)c7ccccc67)ccc5c34)n2)cc1. The molecule has 0 amide bonds. The molecule has 0 atom stereocenters. The Morgan fingerprint density at radius 2 is 0.961 bits per heavy atom. The Morgan fingerprint density at radius 3 is 1.73 bits per heavy atom. The summed E-state index contributed by atoms with van der Waals surface area (Å²) < 4.78 is 6.60. The first kappa shape index (κ1) is 29.1. The van der Waals surface area contributed by atoms with Gasteiger partial charge in [0.25, 0.3) is 0 Å². The van der Waals surface area contributed by atoms with Gasteiger partial charge in [-0.15, -0.1) is 0 Å². The van der Waals surface area contributed by atoms with E-state index in [2.05, 4.69) is 152 Å². The Labute approximate surface area is 295 Å². The number of fused-ring (bicyclic) bond motifs is 5. The highest BCUT2D eigenvalue weighted by Gasteiger charge is 2.18. The summed E-state index contributed by atoms with van der Waals surface area (Å²) >= 11 is 0. The largest absolute Gasteiger partial charge is 0.456 e. The Kier molecular flexibility index (Phi) is 6.81. The highest BCUT2D eigenvalue weighted by atomic mass is 16.3. The van der Waals surface area contributed by atoms with E-state index in [9.17, 15) is 0 Å². The van der Waals surface area contributed by atoms with Gasteiger partial charge in [-0.3, -0.25) is 0 Å². The Hall–Kier alpha value is -6.84. The van der Waals surface area contributed by atoms with Crippen LogP contribution in [0.25, 0.3) is 99.6 Å². The van der Waals surface area contributed by atoms with Crippen molar-refractivity contribution >= 4 is 43.5 Å². The minimum absolute atomic E-state index is 0.666. The van der Waals surface area contributed by atoms with E-state index in [1.54, 1.807) is 0 Å². The van der Waals surface area contributed by atoms with E-state index in [-0.39, 0.29) is 0 Å². The predicted octanol–water partition coefficient (Wildman–Crippen LogP) is 13.0. The first-order chi connectivity index (χ1) is 25.3. The molecule has 0 radical (unpaired) electrons. The van der Waals surface area contributed by atoms with Gasteiger partial charge in [0.15, 0.2) is 5.82 Å². The predicted molar refractivity (Wildman–Crippen MR) is 212 cm³/mol. The molecular weight excluding hydrogens is 621 g/mol. The van der Waals surface area contributed by atoms with Crippen molar-refractivity contribution in [1.82, 2.24) is 9.97 Å². The summed E-state index contributed by atoms with van der Waals surface area (Å²) in [5, 5.41) is 6.87. The van der Waals surface area contributed by atoms with E-state index in [4.69, 9.17) is 14.4 Å². The number of furan rings is 1. The van der Waals surface area contributed by atoms with Gasteiger partial charge in [-0.2, -0.15) is 0 Å². The maximum absolute atomic E-state index is 6.60. The van der Waals surface area contributed by atoms with Crippen molar-refractivity contribution in [2.24, 2.45) is 0 Å². The van der Waals surface area contributed by atoms with Crippen LogP contribution in [-0.4, -0.2) is 9.97 Å². The third kappa shape index (κ3) is 5.06. The zero-order chi connectivity index (χ0) is 33.7. The smallest absolute Gasteiger partial charge is 0.161 e. The maximum atomic E-state index is 6.60. The molecule has 2 heterocycles. The molecule has 0 saturated heterocycles. The highest BCUT2D eigenvalue weighted by molar-refractivity contribution is 6.13. The quantitative estimate of drug-likeness (QED) is 0.186. The fraction of sp³-hybridized carbons (Fsp3) is 0. The first-order valence-electron chi connectivity index (χ1n) is 17.2. The van der Waals surface area contributed by atoms with E-state index < -0.39 is 0 Å². The summed E-state index contributed by atoms with van der Waals surface area (Å²) in [5.41, 5.74) is 11.2. The average Bonchev–Trinajstić information content (AvgIpc) is 3.59. The molecular formula is C48H30N2O. The van der Waals surface area contributed by atoms with Crippen LogP contribution in [0.1, 0.15) is 0 Å². The molecule has 0 aliphatic carbocycles. The Balaban J connectivity index is 1.14. The van der Waals surface area contributed by atoms with Crippen LogP contribution in [0.5, 0.6) is 0 Å². The summed E-state index contributed by atoms with van der Waals surface area (Å²) in [6.45, 7) is 0. The van der Waals surface area contributed by atoms with Gasteiger partial charge in [0.05, 0.1) is 11.4 Å². The molecule has 51 heavy (non-hydrogen) atoms. The summed E-state index contributed by atoms with van der Waals surface area (Å²) in [7, 11) is 0. The fourth-order valence-corrected chi connectivity index (χ4v) is 7.42. The topological polar surface area (TPSA) is 38.9 Å². The molecule has 0 unspecified atom stereocenters. The molecule has 0 N–H and O–H groups in total. The third-order valence-corrected chi connectivity index (χ3v) is 9.90. The van der Waals surface area contributed by atoms with Gasteiger partial charge >= 0.3 is 0 Å². The highest BCUT2D eigenvalue weighted by Crippen LogP contribution is 2.41. The fourth-order valence-electron chi connectivity index (χ4n) is 7.42. The van der Waals surface area contributed by atoms with Crippen LogP contribution in [0.3, 0.4) is 0 Å². The molecule has 238 valence electrons. The van der Waals surface area contributed by atoms with Gasteiger partial charge in [-0.25, -0.2) is 9.97 Å². The summed E-state index contributed by atoms with van der Waals surface area (Å²) in [5.74, 6) is 0.666. The van der Waals surface area contributed by atoms with Crippen LogP contribution >= 0.6 is 0 Å². The summed E-state index contributed by atoms with van der Waals surface area (Å²) in [4.78, 5) is 10.4. The van der Waals surface area contributed by atoms with Crippen molar-refractivity contribution in [2.45, 2.75) is 0 Å². The minimum atomic E-state index is 0.666. The second-order valence-electron chi connectivity index (χ2n) is 13.0. The standard InChI is InChI=1S/C48H30N2O/c1-3-13-32(14-4-1)37-26-27-38(40-19-10-9-18-39(37)40)35-24-25-41-46(29-35)51-45-21-11-20-42(47(41)45)48-49-43(33-15-5-2-6-16-33)30-44(50-48)36-23-22-31-12-7-8-17-34(31)28-36/h1-30H. The van der Waals surface area contributed by atoms with Crippen molar-refractivity contribution in [3.05, 3.63) is 182 Å². The average molecular weight is 651 g/mol. The summed E-state index contributed by atoms with van der Waals surface area (Å²) in [6, 6.07) is 63.8. The molecule has 3 heteroatoms. The molecule has 10 rings (SSSR count). The van der Waals surface area contributed by atoms with Gasteiger partial charge in [-0.05, 0) is 74.1 Å². The maximum Gasteiger partial charge on any atom is 0.161 e. The van der Waals surface area contributed by atoms with Crippen LogP contribution in [0, 0.1) is 0 Å². The van der Waals surface area contributed by atoms with Crippen molar-refractivity contribution in [2.75, 3.05) is 0 Å². The molecule has 0 aliphatic heterocycles. The zero-order valence-electron chi connectivity index (χ0n) is 27.6. The number of hydrogen-bond acceptors (Lipinski definition) is 3. The lowest BCUT2D eigenvalue weighted by molar-refractivity contribution is 0.669. The molecule has 0 fully saturated rings.